The fraction of sp³-hybridized carbons (Fsp3) is 0.333. The van der Waals surface area contributed by atoms with E-state index in [0.717, 1.165) is 0 Å². The lowest BCUT2D eigenvalue weighted by Crippen LogP contribution is -1.85. The van der Waals surface area contributed by atoms with Gasteiger partial charge in [0.05, 0.1) is 12.0 Å². The van der Waals surface area contributed by atoms with Gasteiger partial charge in [-0.05, 0) is 38.7 Å². The van der Waals surface area contributed by atoms with Crippen LogP contribution >= 0.6 is 18.5 Å². The summed E-state index contributed by atoms with van der Waals surface area (Å²) in [7, 11) is 1.40. The fourth-order valence-electron chi connectivity index (χ4n) is 0.877. The number of ether oxygens (including phenoxy) is 1. The molecule has 0 fully saturated rings. The van der Waals surface area contributed by atoms with Crippen LogP contribution in [0, 0.1) is 5.82 Å². The molecule has 0 bridgehead atoms. The minimum atomic E-state index is -0.189. The van der Waals surface area contributed by atoms with Crippen molar-refractivity contribution in [2.24, 2.45) is 0 Å². The van der Waals surface area contributed by atoms with Crippen LogP contribution in [0.1, 0.15) is 0 Å². The molecule has 0 aliphatic heterocycles. The average molecular weight is 218 g/mol. The molecule has 0 aliphatic rings. The lowest BCUT2D eigenvalue weighted by Gasteiger charge is -2.07. The molecule has 1 nitrogen and oxygen atoms in total. The van der Waals surface area contributed by atoms with Crippen LogP contribution in [0.5, 0.6) is 5.75 Å². The summed E-state index contributed by atoms with van der Waals surface area (Å²) in [6, 6.07) is 4.81. The van der Waals surface area contributed by atoms with Crippen LogP contribution in [0.25, 0.3) is 0 Å². The quantitative estimate of drug-likeness (QED) is 0.717. The summed E-state index contributed by atoms with van der Waals surface area (Å²) >= 11 is 1.56. The maximum Gasteiger partial charge on any atom is 0.137 e. The lowest BCUT2D eigenvalue weighted by atomic mass is 10.3. The summed E-state index contributed by atoms with van der Waals surface area (Å²) < 4.78 is 18.2. The van der Waals surface area contributed by atoms with Gasteiger partial charge in [0, 0.05) is 0 Å². The SMILES string of the molecule is COc1ccc(F)c(SP(C)C)c1. The van der Waals surface area contributed by atoms with Gasteiger partial charge in [-0.2, -0.15) is 0 Å². The summed E-state index contributed by atoms with van der Waals surface area (Å²) in [4.78, 5) is 0.676. The van der Waals surface area contributed by atoms with E-state index in [4.69, 9.17) is 4.74 Å². The zero-order valence-corrected chi connectivity index (χ0v) is 9.58. The fourth-order valence-corrected chi connectivity index (χ4v) is 3.19. The average Bonchev–Trinajstić information content (AvgIpc) is 2.08. The second-order valence-electron chi connectivity index (χ2n) is 2.70. The van der Waals surface area contributed by atoms with E-state index in [1.807, 2.05) is 0 Å². The van der Waals surface area contributed by atoms with Crippen LogP contribution in [0.15, 0.2) is 23.1 Å². The van der Waals surface area contributed by atoms with Crippen LogP contribution in [-0.4, -0.2) is 20.4 Å². The van der Waals surface area contributed by atoms with Gasteiger partial charge in [-0.25, -0.2) is 4.39 Å². The third-order valence-electron chi connectivity index (χ3n) is 1.42. The molecule has 0 saturated carbocycles. The van der Waals surface area contributed by atoms with Gasteiger partial charge < -0.3 is 4.74 Å². The predicted molar refractivity (Wildman–Crippen MR) is 57.6 cm³/mol. The Hall–Kier alpha value is -0.270. The predicted octanol–water partition coefficient (Wildman–Crippen LogP) is 3.58. The van der Waals surface area contributed by atoms with Crippen LogP contribution < -0.4 is 4.74 Å². The molecule has 0 N–H and O–H groups in total. The highest BCUT2D eigenvalue weighted by molar-refractivity contribution is 8.55. The Balaban J connectivity index is 2.90. The van der Waals surface area contributed by atoms with E-state index in [-0.39, 0.29) is 12.9 Å². The molecule has 0 amide bonds. The molecule has 1 aromatic carbocycles. The molecule has 0 heterocycles. The monoisotopic (exact) mass is 218 g/mol. The van der Waals surface area contributed by atoms with Gasteiger partial charge in [0.2, 0.25) is 0 Å². The zero-order valence-electron chi connectivity index (χ0n) is 7.87. The molecule has 0 saturated heterocycles. The largest absolute Gasteiger partial charge is 0.497 e. The Morgan fingerprint density at radius 1 is 1.38 bits per heavy atom. The second-order valence-corrected chi connectivity index (χ2v) is 7.69. The number of methoxy groups -OCH3 is 1. The van der Waals surface area contributed by atoms with Crippen molar-refractivity contribution in [3.8, 4) is 5.75 Å². The molecule has 13 heavy (non-hydrogen) atoms. The van der Waals surface area contributed by atoms with Crippen molar-refractivity contribution in [2.45, 2.75) is 4.90 Å². The molecular formula is C9H12FOPS. The molecule has 0 radical (unpaired) electrons. The van der Waals surface area contributed by atoms with Crippen molar-refractivity contribution < 1.29 is 9.13 Å². The van der Waals surface area contributed by atoms with E-state index in [9.17, 15) is 4.39 Å². The minimum absolute atomic E-state index is 0.165. The third-order valence-corrected chi connectivity index (χ3v) is 3.98. The molecule has 0 unspecified atom stereocenters. The highest BCUT2D eigenvalue weighted by Crippen LogP contribution is 2.48. The first-order valence-corrected chi connectivity index (χ1v) is 7.48. The van der Waals surface area contributed by atoms with E-state index in [2.05, 4.69) is 13.3 Å². The van der Waals surface area contributed by atoms with Gasteiger partial charge in [-0.1, -0.05) is 11.4 Å². The van der Waals surface area contributed by atoms with Crippen LogP contribution in [-0.2, 0) is 0 Å². The first-order chi connectivity index (χ1) is 6.13. The van der Waals surface area contributed by atoms with E-state index in [1.165, 1.54) is 6.07 Å². The molecule has 0 aromatic heterocycles. The van der Waals surface area contributed by atoms with Crippen molar-refractivity contribution in [3.63, 3.8) is 0 Å². The molecule has 0 aliphatic carbocycles. The Labute approximate surface area is 83.2 Å². The molecular weight excluding hydrogens is 206 g/mol. The maximum atomic E-state index is 13.2. The number of benzene rings is 1. The Morgan fingerprint density at radius 2 is 2.08 bits per heavy atom. The molecule has 72 valence electrons. The summed E-state index contributed by atoms with van der Waals surface area (Å²) in [6.45, 7) is 4.19. The van der Waals surface area contributed by atoms with Crippen molar-refractivity contribution in [1.29, 1.82) is 0 Å². The second kappa shape index (κ2) is 4.83. The van der Waals surface area contributed by atoms with Crippen molar-refractivity contribution in [3.05, 3.63) is 24.0 Å². The lowest BCUT2D eigenvalue weighted by molar-refractivity contribution is 0.411. The number of hydrogen-bond donors (Lipinski definition) is 0. The molecule has 1 rings (SSSR count). The van der Waals surface area contributed by atoms with Crippen molar-refractivity contribution in [1.82, 2.24) is 0 Å². The standard InChI is InChI=1S/C9H12FOPS/c1-11-7-4-5-8(10)9(6-7)13-12(2)3/h4-6H,1-3H3. The Bertz CT molecular complexity index is 291. The van der Waals surface area contributed by atoms with E-state index in [1.54, 1.807) is 30.6 Å². The summed E-state index contributed by atoms with van der Waals surface area (Å²) in [5.41, 5.74) is 0. The minimum Gasteiger partial charge on any atom is -0.497 e. The third kappa shape index (κ3) is 3.17. The van der Waals surface area contributed by atoms with E-state index in [0.29, 0.717) is 10.6 Å². The molecule has 1 aromatic rings. The summed E-state index contributed by atoms with van der Waals surface area (Å²) in [6.07, 6.45) is 0. The summed E-state index contributed by atoms with van der Waals surface area (Å²) in [5.74, 6) is 0.544. The first-order valence-electron chi connectivity index (χ1n) is 3.82. The smallest absolute Gasteiger partial charge is 0.137 e. The Kier molecular flexibility index (Phi) is 4.01. The van der Waals surface area contributed by atoms with Gasteiger partial charge in [-0.3, -0.25) is 0 Å². The van der Waals surface area contributed by atoms with Gasteiger partial charge >= 0.3 is 0 Å². The highest BCUT2D eigenvalue weighted by Gasteiger charge is 2.06. The van der Waals surface area contributed by atoms with Crippen molar-refractivity contribution in [2.75, 3.05) is 20.4 Å². The normalized spacial score (nSPS) is 10.5. The molecule has 4 heteroatoms. The Morgan fingerprint density at radius 3 is 2.62 bits per heavy atom. The number of rotatable bonds is 3. The highest BCUT2D eigenvalue weighted by atomic mass is 32.7. The van der Waals surface area contributed by atoms with E-state index < -0.39 is 0 Å². The van der Waals surface area contributed by atoms with Crippen LogP contribution in [0.2, 0.25) is 0 Å². The van der Waals surface area contributed by atoms with E-state index >= 15 is 0 Å². The van der Waals surface area contributed by atoms with Gasteiger partial charge in [-0.15, -0.1) is 0 Å². The maximum absolute atomic E-state index is 13.2. The van der Waals surface area contributed by atoms with Crippen LogP contribution in [0.4, 0.5) is 4.39 Å². The zero-order chi connectivity index (χ0) is 9.84. The van der Waals surface area contributed by atoms with Crippen LogP contribution in [0.3, 0.4) is 0 Å². The number of hydrogen-bond acceptors (Lipinski definition) is 2. The molecule has 0 atom stereocenters. The first kappa shape index (κ1) is 10.8. The topological polar surface area (TPSA) is 9.23 Å². The van der Waals surface area contributed by atoms with Gasteiger partial charge in [0.1, 0.15) is 11.6 Å². The number of halogens is 1. The molecule has 0 spiro atoms. The summed E-state index contributed by atoms with van der Waals surface area (Å²) in [5, 5.41) is 0. The van der Waals surface area contributed by atoms with Gasteiger partial charge in [0.15, 0.2) is 0 Å². The van der Waals surface area contributed by atoms with Crippen molar-refractivity contribution >= 4 is 18.5 Å². The van der Waals surface area contributed by atoms with Gasteiger partial charge in [0.25, 0.3) is 0 Å².